The Hall–Kier alpha value is -0.570. The monoisotopic (exact) mass is 182 g/mol. The predicted octanol–water partition coefficient (Wildman–Crippen LogP) is 1.07. The minimum atomic E-state index is -0.439. The molecule has 0 unspecified atom stereocenters. The van der Waals surface area contributed by atoms with Gasteiger partial charge in [0.2, 0.25) is 0 Å². The lowest BCUT2D eigenvalue weighted by Crippen LogP contribution is -2.40. The van der Waals surface area contributed by atoms with Gasteiger partial charge in [-0.05, 0) is 19.3 Å². The van der Waals surface area contributed by atoms with Crippen molar-refractivity contribution >= 4 is 5.84 Å². The molecule has 1 heterocycles. The van der Waals surface area contributed by atoms with E-state index in [1.165, 1.54) is 19.3 Å². The Morgan fingerprint density at radius 1 is 1.31 bits per heavy atom. The van der Waals surface area contributed by atoms with Crippen molar-refractivity contribution in [3.63, 3.8) is 0 Å². The Kier molecular flexibility index (Phi) is 2.54. The maximum atomic E-state index is 10.0. The zero-order chi connectivity index (χ0) is 9.15. The van der Waals surface area contributed by atoms with Crippen LogP contribution >= 0.6 is 0 Å². The number of nitrogens with one attached hydrogen (secondary N) is 1. The zero-order valence-corrected chi connectivity index (χ0v) is 8.05. The van der Waals surface area contributed by atoms with E-state index in [1.54, 1.807) is 0 Å². The average Bonchev–Trinajstić information content (AvgIpc) is 2.72. The van der Waals surface area contributed by atoms with Crippen molar-refractivity contribution in [3.8, 4) is 0 Å². The lowest BCUT2D eigenvalue weighted by Gasteiger charge is -2.22. The summed E-state index contributed by atoms with van der Waals surface area (Å²) in [6.45, 7) is 1.66. The lowest BCUT2D eigenvalue weighted by molar-refractivity contribution is 0.0523. The van der Waals surface area contributed by atoms with Gasteiger partial charge < -0.3 is 10.4 Å². The lowest BCUT2D eigenvalue weighted by atomic mass is 10.0. The van der Waals surface area contributed by atoms with Gasteiger partial charge in [-0.2, -0.15) is 0 Å². The average molecular weight is 182 g/mol. The molecule has 0 bridgehead atoms. The summed E-state index contributed by atoms with van der Waals surface area (Å²) >= 11 is 0. The molecule has 1 saturated carbocycles. The Bertz CT molecular complexity index is 207. The fourth-order valence-corrected chi connectivity index (χ4v) is 2.16. The van der Waals surface area contributed by atoms with Crippen LogP contribution in [0.4, 0.5) is 0 Å². The van der Waals surface area contributed by atoms with Gasteiger partial charge in [0.1, 0.15) is 0 Å². The van der Waals surface area contributed by atoms with Crippen LogP contribution in [0, 0.1) is 0 Å². The van der Waals surface area contributed by atoms with Gasteiger partial charge >= 0.3 is 0 Å². The van der Waals surface area contributed by atoms with E-state index in [-0.39, 0.29) is 0 Å². The number of amidine groups is 1. The van der Waals surface area contributed by atoms with E-state index in [0.717, 1.165) is 31.6 Å². The molecule has 0 amide bonds. The summed E-state index contributed by atoms with van der Waals surface area (Å²) in [6, 6.07) is 0. The molecule has 3 heteroatoms. The molecule has 3 nitrogen and oxygen atoms in total. The normalized spacial score (nSPS) is 26.1. The Balaban J connectivity index is 1.77. The van der Waals surface area contributed by atoms with Gasteiger partial charge in [-0.25, -0.2) is 0 Å². The van der Waals surface area contributed by atoms with E-state index in [0.29, 0.717) is 6.54 Å². The second kappa shape index (κ2) is 3.66. The van der Waals surface area contributed by atoms with Gasteiger partial charge in [0.15, 0.2) is 0 Å². The van der Waals surface area contributed by atoms with E-state index < -0.39 is 5.60 Å². The maximum absolute atomic E-state index is 10.0. The van der Waals surface area contributed by atoms with Gasteiger partial charge in [0.25, 0.3) is 0 Å². The second-order valence-electron chi connectivity index (χ2n) is 4.22. The summed E-state index contributed by atoms with van der Waals surface area (Å²) in [6.07, 6.45) is 6.48. The summed E-state index contributed by atoms with van der Waals surface area (Å²) in [7, 11) is 0. The number of hydrogen-bond donors (Lipinski definition) is 2. The highest BCUT2D eigenvalue weighted by atomic mass is 16.3. The topological polar surface area (TPSA) is 44.6 Å². The fourth-order valence-electron chi connectivity index (χ4n) is 2.16. The van der Waals surface area contributed by atoms with Gasteiger partial charge in [0.05, 0.1) is 11.4 Å². The van der Waals surface area contributed by atoms with E-state index in [2.05, 4.69) is 10.3 Å². The molecular formula is C10H18N2O. The molecule has 1 fully saturated rings. The molecule has 2 rings (SSSR count). The van der Waals surface area contributed by atoms with Crippen LogP contribution in [0.2, 0.25) is 0 Å². The van der Waals surface area contributed by atoms with Crippen LogP contribution in [-0.4, -0.2) is 29.6 Å². The van der Waals surface area contributed by atoms with Crippen LogP contribution in [0.3, 0.4) is 0 Å². The molecule has 0 aromatic carbocycles. The minimum Gasteiger partial charge on any atom is -0.388 e. The van der Waals surface area contributed by atoms with Crippen molar-refractivity contribution in [1.82, 2.24) is 5.32 Å². The summed E-state index contributed by atoms with van der Waals surface area (Å²) < 4.78 is 0. The van der Waals surface area contributed by atoms with E-state index >= 15 is 0 Å². The van der Waals surface area contributed by atoms with Crippen LogP contribution in [0.1, 0.15) is 38.5 Å². The molecular weight excluding hydrogens is 164 g/mol. The quantitative estimate of drug-likeness (QED) is 0.671. The van der Waals surface area contributed by atoms with Gasteiger partial charge in [-0.15, -0.1) is 0 Å². The first-order chi connectivity index (χ1) is 6.29. The summed E-state index contributed by atoms with van der Waals surface area (Å²) in [5.41, 5.74) is -0.439. The molecule has 1 aliphatic carbocycles. The summed E-state index contributed by atoms with van der Waals surface area (Å²) in [4.78, 5) is 4.32. The minimum absolute atomic E-state index is 0.439. The molecule has 1 aliphatic heterocycles. The third kappa shape index (κ3) is 2.21. The van der Waals surface area contributed by atoms with Crippen molar-refractivity contribution in [2.75, 3.05) is 13.1 Å². The number of nitrogens with zero attached hydrogens (tertiary/aromatic N) is 1. The van der Waals surface area contributed by atoms with Crippen LogP contribution in [-0.2, 0) is 0 Å². The van der Waals surface area contributed by atoms with Crippen molar-refractivity contribution in [2.24, 2.45) is 4.99 Å². The fraction of sp³-hybridized carbons (Fsp3) is 0.900. The highest BCUT2D eigenvalue weighted by molar-refractivity contribution is 5.83. The standard InChI is InChI=1S/C10H18N2O/c13-10(5-1-2-6-10)8-12-9-4-3-7-11-9/h13H,1-8H2,(H,11,12). The number of aliphatic imine (C=N–C) groups is 1. The first-order valence-corrected chi connectivity index (χ1v) is 5.28. The van der Waals surface area contributed by atoms with Gasteiger partial charge in [-0.3, -0.25) is 4.99 Å². The number of aliphatic hydroxyl groups is 1. The largest absolute Gasteiger partial charge is 0.388 e. The van der Waals surface area contributed by atoms with E-state index in [9.17, 15) is 5.11 Å². The molecule has 13 heavy (non-hydrogen) atoms. The van der Waals surface area contributed by atoms with Crippen LogP contribution in [0.5, 0.6) is 0 Å². The van der Waals surface area contributed by atoms with Gasteiger partial charge in [-0.1, -0.05) is 12.8 Å². The first kappa shape index (κ1) is 9.00. The molecule has 0 saturated heterocycles. The highest BCUT2D eigenvalue weighted by Gasteiger charge is 2.30. The smallest absolute Gasteiger partial charge is 0.0964 e. The predicted molar refractivity (Wildman–Crippen MR) is 53.0 cm³/mol. The number of rotatable bonds is 2. The zero-order valence-electron chi connectivity index (χ0n) is 8.05. The Morgan fingerprint density at radius 2 is 2.08 bits per heavy atom. The molecule has 0 aromatic heterocycles. The van der Waals surface area contributed by atoms with Crippen molar-refractivity contribution in [2.45, 2.75) is 44.1 Å². The van der Waals surface area contributed by atoms with Crippen molar-refractivity contribution in [1.29, 1.82) is 0 Å². The Labute approximate surface area is 79.3 Å². The van der Waals surface area contributed by atoms with Crippen LogP contribution < -0.4 is 5.32 Å². The van der Waals surface area contributed by atoms with Crippen LogP contribution in [0.15, 0.2) is 4.99 Å². The third-order valence-electron chi connectivity index (χ3n) is 3.03. The molecule has 0 aromatic rings. The SMILES string of the molecule is OC1(CNC2=NCCC2)CCCC1. The van der Waals surface area contributed by atoms with E-state index in [1.807, 2.05) is 0 Å². The molecule has 0 spiro atoms. The highest BCUT2D eigenvalue weighted by Crippen LogP contribution is 2.28. The van der Waals surface area contributed by atoms with Crippen LogP contribution in [0.25, 0.3) is 0 Å². The summed E-state index contributed by atoms with van der Waals surface area (Å²) in [5, 5.41) is 13.3. The van der Waals surface area contributed by atoms with Crippen molar-refractivity contribution < 1.29 is 5.11 Å². The van der Waals surface area contributed by atoms with Crippen molar-refractivity contribution in [3.05, 3.63) is 0 Å². The molecule has 2 N–H and O–H groups in total. The molecule has 2 aliphatic rings. The van der Waals surface area contributed by atoms with Gasteiger partial charge in [0, 0.05) is 19.5 Å². The maximum Gasteiger partial charge on any atom is 0.0964 e. The number of hydrogen-bond acceptors (Lipinski definition) is 3. The first-order valence-electron chi connectivity index (χ1n) is 5.28. The summed E-state index contributed by atoms with van der Waals surface area (Å²) in [5.74, 6) is 1.10. The Morgan fingerprint density at radius 3 is 2.69 bits per heavy atom. The van der Waals surface area contributed by atoms with E-state index in [4.69, 9.17) is 0 Å². The third-order valence-corrected chi connectivity index (χ3v) is 3.03. The second-order valence-corrected chi connectivity index (χ2v) is 4.22. The molecule has 0 radical (unpaired) electrons. The molecule has 0 atom stereocenters. The molecule has 74 valence electrons.